The summed E-state index contributed by atoms with van der Waals surface area (Å²) in [5.41, 5.74) is 0.666. The van der Waals surface area contributed by atoms with Gasteiger partial charge < -0.3 is 9.84 Å². The first-order valence-corrected chi connectivity index (χ1v) is 6.15. The number of benzene rings is 1. The van der Waals surface area contributed by atoms with Gasteiger partial charge in [0, 0.05) is 5.56 Å². The summed E-state index contributed by atoms with van der Waals surface area (Å²) in [6, 6.07) is 6.97. The molecule has 0 aromatic heterocycles. The van der Waals surface area contributed by atoms with Crippen LogP contribution in [-0.4, -0.2) is 17.7 Å². The molecule has 1 atom stereocenters. The largest absolute Gasteiger partial charge is 0.508 e. The summed E-state index contributed by atoms with van der Waals surface area (Å²) in [5.74, 6) is -0.430. The van der Waals surface area contributed by atoms with Gasteiger partial charge in [0.05, 0.1) is 12.5 Å². The molecule has 0 spiro atoms. The van der Waals surface area contributed by atoms with Crippen LogP contribution in [0.4, 0.5) is 0 Å². The van der Waals surface area contributed by atoms with E-state index in [4.69, 9.17) is 4.74 Å². The fourth-order valence-electron chi connectivity index (χ4n) is 1.83. The molecule has 0 aliphatic heterocycles. The number of para-hydroxylation sites is 1. The first-order valence-electron chi connectivity index (χ1n) is 6.15. The Morgan fingerprint density at radius 3 is 2.65 bits per heavy atom. The molecule has 17 heavy (non-hydrogen) atoms. The van der Waals surface area contributed by atoms with Crippen molar-refractivity contribution < 1.29 is 14.6 Å². The number of carbonyl (C=O) groups is 1. The fourth-order valence-corrected chi connectivity index (χ4v) is 1.83. The zero-order valence-electron chi connectivity index (χ0n) is 10.5. The first-order chi connectivity index (χ1) is 8.20. The van der Waals surface area contributed by atoms with Crippen LogP contribution >= 0.6 is 0 Å². The van der Waals surface area contributed by atoms with E-state index in [1.807, 2.05) is 6.07 Å². The predicted octanol–water partition coefficient (Wildman–Crippen LogP) is 3.23. The molecule has 0 aliphatic rings. The van der Waals surface area contributed by atoms with Crippen LogP contribution in [0.5, 0.6) is 5.75 Å². The Labute approximate surface area is 102 Å². The summed E-state index contributed by atoms with van der Waals surface area (Å²) in [4.78, 5) is 11.9. The minimum Gasteiger partial charge on any atom is -0.508 e. The number of aromatic hydroxyl groups is 1. The van der Waals surface area contributed by atoms with Crippen LogP contribution in [0, 0.1) is 0 Å². The Morgan fingerprint density at radius 2 is 2.06 bits per heavy atom. The lowest BCUT2D eigenvalue weighted by molar-refractivity contribution is -0.145. The molecule has 0 bridgehead atoms. The van der Waals surface area contributed by atoms with Gasteiger partial charge in [0.2, 0.25) is 0 Å². The Morgan fingerprint density at radius 1 is 1.35 bits per heavy atom. The van der Waals surface area contributed by atoms with Crippen LogP contribution in [0.25, 0.3) is 0 Å². The molecule has 1 rings (SSSR count). The zero-order chi connectivity index (χ0) is 12.7. The highest BCUT2D eigenvalue weighted by atomic mass is 16.5. The standard InChI is InChI=1S/C14H20O3/c1-3-5-8-12(14(16)17-4-2)11-9-6-7-10-13(11)15/h6-7,9-10,12,15H,3-5,8H2,1-2H3. The SMILES string of the molecule is CCCCC(C(=O)OCC)c1ccccc1O. The van der Waals surface area contributed by atoms with Crippen LogP contribution in [0.15, 0.2) is 24.3 Å². The molecule has 0 saturated heterocycles. The second-order valence-corrected chi connectivity index (χ2v) is 4.01. The highest BCUT2D eigenvalue weighted by Crippen LogP contribution is 2.30. The van der Waals surface area contributed by atoms with E-state index >= 15 is 0 Å². The third-order valence-corrected chi connectivity index (χ3v) is 2.73. The molecule has 0 radical (unpaired) electrons. The molecule has 0 fully saturated rings. The van der Waals surface area contributed by atoms with Crippen molar-refractivity contribution in [3.63, 3.8) is 0 Å². The van der Waals surface area contributed by atoms with Crippen molar-refractivity contribution in [3.8, 4) is 5.75 Å². The molecule has 1 N–H and O–H groups in total. The van der Waals surface area contributed by atoms with Gasteiger partial charge in [0.1, 0.15) is 5.75 Å². The van der Waals surface area contributed by atoms with Crippen molar-refractivity contribution in [1.29, 1.82) is 0 Å². The maximum absolute atomic E-state index is 11.9. The van der Waals surface area contributed by atoms with Crippen LogP contribution in [0.1, 0.15) is 44.6 Å². The minimum atomic E-state index is -0.351. The minimum absolute atomic E-state index is 0.168. The van der Waals surface area contributed by atoms with Gasteiger partial charge in [-0.05, 0) is 19.4 Å². The highest BCUT2D eigenvalue weighted by Gasteiger charge is 2.23. The summed E-state index contributed by atoms with van der Waals surface area (Å²) in [6.07, 6.45) is 2.67. The van der Waals surface area contributed by atoms with Crippen molar-refractivity contribution in [2.24, 2.45) is 0 Å². The van der Waals surface area contributed by atoms with E-state index < -0.39 is 0 Å². The van der Waals surface area contributed by atoms with Gasteiger partial charge in [-0.15, -0.1) is 0 Å². The molecular formula is C14H20O3. The third-order valence-electron chi connectivity index (χ3n) is 2.73. The monoisotopic (exact) mass is 236 g/mol. The number of ether oxygens (including phenoxy) is 1. The second kappa shape index (κ2) is 6.94. The van der Waals surface area contributed by atoms with E-state index in [9.17, 15) is 9.90 Å². The lowest BCUT2D eigenvalue weighted by Gasteiger charge is -2.16. The molecule has 0 heterocycles. The van der Waals surface area contributed by atoms with Crippen molar-refractivity contribution in [3.05, 3.63) is 29.8 Å². The van der Waals surface area contributed by atoms with Gasteiger partial charge >= 0.3 is 5.97 Å². The van der Waals surface area contributed by atoms with Gasteiger partial charge in [-0.1, -0.05) is 38.0 Å². The Hall–Kier alpha value is -1.51. The summed E-state index contributed by atoms with van der Waals surface area (Å²) in [5, 5.41) is 9.79. The van der Waals surface area contributed by atoms with E-state index in [-0.39, 0.29) is 17.6 Å². The normalized spacial score (nSPS) is 12.1. The molecule has 3 nitrogen and oxygen atoms in total. The van der Waals surface area contributed by atoms with Crippen molar-refractivity contribution in [1.82, 2.24) is 0 Å². The van der Waals surface area contributed by atoms with Gasteiger partial charge in [-0.2, -0.15) is 0 Å². The van der Waals surface area contributed by atoms with Crippen LogP contribution in [0.2, 0.25) is 0 Å². The molecule has 1 aromatic carbocycles. The van der Waals surface area contributed by atoms with E-state index in [2.05, 4.69) is 6.92 Å². The molecular weight excluding hydrogens is 216 g/mol. The number of hydrogen-bond donors (Lipinski definition) is 1. The van der Waals surface area contributed by atoms with Crippen LogP contribution in [0.3, 0.4) is 0 Å². The Kier molecular flexibility index (Phi) is 5.53. The number of carbonyl (C=O) groups excluding carboxylic acids is 1. The molecule has 3 heteroatoms. The van der Waals surface area contributed by atoms with Crippen LogP contribution < -0.4 is 0 Å². The number of phenols is 1. The molecule has 0 amide bonds. The lowest BCUT2D eigenvalue weighted by atomic mass is 9.93. The van der Waals surface area contributed by atoms with Gasteiger partial charge in [-0.3, -0.25) is 4.79 Å². The number of rotatable bonds is 6. The van der Waals surface area contributed by atoms with E-state index in [1.54, 1.807) is 25.1 Å². The molecule has 0 saturated carbocycles. The third kappa shape index (κ3) is 3.77. The zero-order valence-corrected chi connectivity index (χ0v) is 10.5. The average Bonchev–Trinajstić information content (AvgIpc) is 2.32. The Bertz CT molecular complexity index is 360. The smallest absolute Gasteiger partial charge is 0.313 e. The summed E-state index contributed by atoms with van der Waals surface area (Å²) < 4.78 is 5.06. The molecule has 1 aromatic rings. The molecule has 0 aliphatic carbocycles. The highest BCUT2D eigenvalue weighted by molar-refractivity contribution is 5.79. The number of hydrogen-bond acceptors (Lipinski definition) is 3. The summed E-state index contributed by atoms with van der Waals surface area (Å²) in [6.45, 7) is 4.24. The molecule has 1 unspecified atom stereocenters. The van der Waals surface area contributed by atoms with E-state index in [0.29, 0.717) is 18.6 Å². The maximum Gasteiger partial charge on any atom is 0.313 e. The van der Waals surface area contributed by atoms with Crippen molar-refractivity contribution in [2.45, 2.75) is 39.0 Å². The summed E-state index contributed by atoms with van der Waals surface area (Å²) >= 11 is 0. The average molecular weight is 236 g/mol. The topological polar surface area (TPSA) is 46.5 Å². The van der Waals surface area contributed by atoms with Gasteiger partial charge in [0.15, 0.2) is 0 Å². The number of unbranched alkanes of at least 4 members (excludes halogenated alkanes) is 1. The van der Waals surface area contributed by atoms with Gasteiger partial charge in [0.25, 0.3) is 0 Å². The van der Waals surface area contributed by atoms with E-state index in [1.165, 1.54) is 0 Å². The van der Waals surface area contributed by atoms with Crippen molar-refractivity contribution >= 4 is 5.97 Å². The first kappa shape index (κ1) is 13.6. The van der Waals surface area contributed by atoms with Crippen LogP contribution in [-0.2, 0) is 9.53 Å². The molecule has 94 valence electrons. The fraction of sp³-hybridized carbons (Fsp3) is 0.500. The summed E-state index contributed by atoms with van der Waals surface area (Å²) in [7, 11) is 0. The predicted molar refractivity (Wildman–Crippen MR) is 67.0 cm³/mol. The quantitative estimate of drug-likeness (QED) is 0.771. The van der Waals surface area contributed by atoms with Crippen molar-refractivity contribution in [2.75, 3.05) is 6.61 Å². The number of phenolic OH excluding ortho intramolecular Hbond substituents is 1. The second-order valence-electron chi connectivity index (χ2n) is 4.01. The van der Waals surface area contributed by atoms with Gasteiger partial charge in [-0.25, -0.2) is 0 Å². The maximum atomic E-state index is 11.9. The lowest BCUT2D eigenvalue weighted by Crippen LogP contribution is -2.16. The Balaban J connectivity index is 2.89. The van der Waals surface area contributed by atoms with E-state index in [0.717, 1.165) is 12.8 Å². The number of esters is 1.